The number of rotatable bonds is 18. The van der Waals surface area contributed by atoms with E-state index in [1.165, 1.54) is 6.07 Å². The molecule has 0 spiro atoms. The van der Waals surface area contributed by atoms with E-state index < -0.39 is 10.1 Å². The van der Waals surface area contributed by atoms with Gasteiger partial charge in [0.2, 0.25) is 0 Å². The molecule has 0 aliphatic rings. The first-order valence-corrected chi connectivity index (χ1v) is 12.7. The summed E-state index contributed by atoms with van der Waals surface area (Å²) >= 11 is 0. The van der Waals surface area contributed by atoms with E-state index in [0.717, 1.165) is 19.3 Å². The van der Waals surface area contributed by atoms with E-state index in [2.05, 4.69) is 0 Å². The molecule has 0 fully saturated rings. The van der Waals surface area contributed by atoms with Crippen LogP contribution in [0.15, 0.2) is 29.2 Å². The molecule has 1 aromatic rings. The Morgan fingerprint density at radius 3 is 1.58 bits per heavy atom. The van der Waals surface area contributed by atoms with Crippen molar-refractivity contribution in [1.29, 1.82) is 0 Å². The molecule has 9 heteroatoms. The van der Waals surface area contributed by atoms with Crippen molar-refractivity contribution < 1.29 is 37.9 Å². The van der Waals surface area contributed by atoms with Gasteiger partial charge in [0.25, 0.3) is 10.1 Å². The van der Waals surface area contributed by atoms with Crippen LogP contribution in [0, 0.1) is 0 Å². The van der Waals surface area contributed by atoms with Crippen LogP contribution >= 0.6 is 0 Å². The summed E-state index contributed by atoms with van der Waals surface area (Å²) in [5.41, 5.74) is 0.524. The highest BCUT2D eigenvalue weighted by Crippen LogP contribution is 2.38. The van der Waals surface area contributed by atoms with Crippen molar-refractivity contribution in [1.82, 2.24) is 0 Å². The number of hydrogen-bond acceptors (Lipinski definition) is 6. The highest BCUT2D eigenvalue weighted by Gasteiger charge is 2.39. The van der Waals surface area contributed by atoms with Crippen LogP contribution in [0.1, 0.15) is 63.0 Å². The van der Waals surface area contributed by atoms with E-state index in [0.29, 0.717) is 61.8 Å². The van der Waals surface area contributed by atoms with Crippen molar-refractivity contribution in [3.8, 4) is 0 Å². The van der Waals surface area contributed by atoms with Gasteiger partial charge in [0.1, 0.15) is 10.9 Å². The fourth-order valence-electron chi connectivity index (χ4n) is 4.42. The summed E-state index contributed by atoms with van der Waals surface area (Å²) < 4.78 is 34.7. The molecule has 0 aliphatic carbocycles. The molecule has 1 atom stereocenters. The molecule has 0 saturated heterocycles. The minimum Gasteiger partial charge on any atom is -0.396 e. The normalized spacial score (nSPS) is 13.5. The lowest BCUT2D eigenvalue weighted by Gasteiger charge is -2.46. The zero-order chi connectivity index (χ0) is 23.2. The van der Waals surface area contributed by atoms with Crippen molar-refractivity contribution in [3.63, 3.8) is 0 Å². The van der Waals surface area contributed by atoms with Crippen LogP contribution < -0.4 is 0 Å². The van der Waals surface area contributed by atoms with Crippen LogP contribution in [-0.2, 0) is 10.1 Å². The van der Waals surface area contributed by atoms with Gasteiger partial charge in [-0.1, -0.05) is 18.2 Å². The van der Waals surface area contributed by atoms with Gasteiger partial charge in [0, 0.05) is 38.4 Å². The number of unbranched alkanes of at least 4 members (excludes halogenated alkanes) is 3. The fraction of sp³-hybridized carbons (Fsp3) is 0.727. The predicted octanol–water partition coefficient (Wildman–Crippen LogP) is 1.88. The molecule has 0 amide bonds. The molecule has 8 nitrogen and oxygen atoms in total. The lowest BCUT2D eigenvalue weighted by Crippen LogP contribution is -2.53. The second kappa shape index (κ2) is 14.9. The van der Waals surface area contributed by atoms with Gasteiger partial charge in [-0.15, -0.1) is 0 Å². The van der Waals surface area contributed by atoms with Crippen LogP contribution in [0.3, 0.4) is 0 Å². The monoisotopic (exact) mass is 462 g/mol. The van der Waals surface area contributed by atoms with Gasteiger partial charge in [-0.3, -0.25) is 4.55 Å². The highest BCUT2D eigenvalue weighted by molar-refractivity contribution is 7.85. The molecular formula is C22H40NO7S+. The summed E-state index contributed by atoms with van der Waals surface area (Å²) in [5, 5.41) is 37.5. The smallest absolute Gasteiger partial charge is 0.295 e. The number of quaternary nitrogens is 1. The SMILES string of the molecule is O=S(=O)(O)c1ccccc1C(CCCO)[N+](CCCCO)(CCCCO)CCCCO. The Hall–Kier alpha value is -1.07. The van der Waals surface area contributed by atoms with Crippen LogP contribution in [0.4, 0.5) is 0 Å². The van der Waals surface area contributed by atoms with Crippen molar-refractivity contribution >= 4 is 10.1 Å². The van der Waals surface area contributed by atoms with E-state index >= 15 is 0 Å². The van der Waals surface area contributed by atoms with Gasteiger partial charge in [-0.2, -0.15) is 8.42 Å². The second-order valence-corrected chi connectivity index (χ2v) is 9.47. The molecule has 0 heterocycles. The zero-order valence-corrected chi connectivity index (χ0v) is 19.2. The number of benzene rings is 1. The van der Waals surface area contributed by atoms with Crippen molar-refractivity contribution in [2.75, 3.05) is 46.1 Å². The van der Waals surface area contributed by atoms with Gasteiger partial charge >= 0.3 is 0 Å². The van der Waals surface area contributed by atoms with E-state index in [-0.39, 0.29) is 37.4 Å². The third-order valence-corrected chi connectivity index (χ3v) is 6.82. The van der Waals surface area contributed by atoms with Gasteiger partial charge in [0.15, 0.2) is 0 Å². The fourth-order valence-corrected chi connectivity index (χ4v) is 5.17. The van der Waals surface area contributed by atoms with E-state index in [9.17, 15) is 33.4 Å². The Morgan fingerprint density at radius 1 is 0.710 bits per heavy atom. The van der Waals surface area contributed by atoms with Crippen molar-refractivity contribution in [3.05, 3.63) is 29.8 Å². The molecule has 1 aromatic carbocycles. The summed E-state index contributed by atoms with van der Waals surface area (Å²) in [4.78, 5) is -0.119. The first-order valence-electron chi connectivity index (χ1n) is 11.2. The molecule has 0 aliphatic heterocycles. The van der Waals surface area contributed by atoms with Crippen LogP contribution in [0.2, 0.25) is 0 Å². The Bertz CT molecular complexity index is 685. The van der Waals surface area contributed by atoms with E-state index in [1.807, 2.05) is 0 Å². The highest BCUT2D eigenvalue weighted by atomic mass is 32.2. The summed E-state index contributed by atoms with van der Waals surface area (Å²) in [6.07, 6.45) is 5.06. The largest absolute Gasteiger partial charge is 0.396 e. The third-order valence-electron chi connectivity index (χ3n) is 5.89. The van der Waals surface area contributed by atoms with Crippen molar-refractivity contribution in [2.45, 2.75) is 62.3 Å². The molecule has 0 aromatic heterocycles. The zero-order valence-electron chi connectivity index (χ0n) is 18.4. The molecule has 5 N–H and O–H groups in total. The summed E-state index contributed by atoms with van der Waals surface area (Å²) in [6, 6.07) is 6.16. The van der Waals surface area contributed by atoms with Gasteiger partial charge in [-0.25, -0.2) is 0 Å². The summed E-state index contributed by atoms with van der Waals surface area (Å²) in [7, 11) is -4.43. The maximum absolute atomic E-state index is 12.1. The average molecular weight is 463 g/mol. The minimum atomic E-state index is -4.43. The maximum Gasteiger partial charge on any atom is 0.295 e. The van der Waals surface area contributed by atoms with Crippen LogP contribution in [-0.4, -0.2) is 83.9 Å². The lowest BCUT2D eigenvalue weighted by atomic mass is 9.95. The molecule has 31 heavy (non-hydrogen) atoms. The van der Waals surface area contributed by atoms with Crippen LogP contribution in [0.5, 0.6) is 0 Å². The molecular weight excluding hydrogens is 422 g/mol. The summed E-state index contributed by atoms with van der Waals surface area (Å²) in [6.45, 7) is 2.23. The lowest BCUT2D eigenvalue weighted by molar-refractivity contribution is -0.958. The topological polar surface area (TPSA) is 135 Å². The second-order valence-electron chi connectivity index (χ2n) is 8.08. The summed E-state index contributed by atoms with van der Waals surface area (Å²) in [5.74, 6) is 0. The van der Waals surface area contributed by atoms with Crippen LogP contribution in [0.25, 0.3) is 0 Å². The Labute approximate surface area is 186 Å². The molecule has 180 valence electrons. The van der Waals surface area contributed by atoms with E-state index in [1.54, 1.807) is 18.2 Å². The minimum absolute atomic E-state index is 0.0333. The molecule has 0 saturated carbocycles. The van der Waals surface area contributed by atoms with Gasteiger partial charge < -0.3 is 24.9 Å². The number of aliphatic hydroxyl groups is 4. The first-order chi connectivity index (χ1) is 14.9. The Kier molecular flexibility index (Phi) is 13.4. The average Bonchev–Trinajstić information content (AvgIpc) is 2.74. The maximum atomic E-state index is 12.1. The first kappa shape index (κ1) is 28.0. The van der Waals surface area contributed by atoms with Gasteiger partial charge in [-0.05, 0) is 51.0 Å². The Balaban J connectivity index is 3.53. The molecule has 0 bridgehead atoms. The predicted molar refractivity (Wildman–Crippen MR) is 119 cm³/mol. The Morgan fingerprint density at radius 2 is 1.16 bits per heavy atom. The molecule has 0 radical (unpaired) electrons. The number of nitrogens with zero attached hydrogens (tertiary/aromatic N) is 1. The van der Waals surface area contributed by atoms with E-state index in [4.69, 9.17) is 0 Å². The number of aliphatic hydroxyl groups excluding tert-OH is 4. The number of hydrogen-bond donors (Lipinski definition) is 5. The third kappa shape index (κ3) is 9.13. The molecule has 1 unspecified atom stereocenters. The van der Waals surface area contributed by atoms with Crippen molar-refractivity contribution in [2.24, 2.45) is 0 Å². The van der Waals surface area contributed by atoms with Gasteiger partial charge in [0.05, 0.1) is 19.6 Å². The standard InChI is InChI=1S/C22H39NO7S/c24-16-6-3-13-23(14-4-7-17-25,15-5-8-18-26)21(11-9-19-27)20-10-1-2-12-22(20)31(28,29)30/h1-2,10,12,21,24-27H,3-9,11,13-19H2/p+1. The molecule has 1 rings (SSSR count). The quantitative estimate of drug-likeness (QED) is 0.128.